The number of fused-ring (bicyclic) bond motifs is 5. The van der Waals surface area contributed by atoms with E-state index in [1.807, 2.05) is 31.2 Å². The van der Waals surface area contributed by atoms with Gasteiger partial charge in [-0.1, -0.05) is 31.2 Å². The lowest BCUT2D eigenvalue weighted by molar-refractivity contribution is -0.323. The van der Waals surface area contributed by atoms with Crippen LogP contribution in [0.5, 0.6) is 0 Å². The van der Waals surface area contributed by atoms with Crippen LogP contribution in [0.15, 0.2) is 24.3 Å². The summed E-state index contributed by atoms with van der Waals surface area (Å²) in [6.45, 7) is 1.95. The van der Waals surface area contributed by atoms with Crippen molar-refractivity contribution in [2.24, 2.45) is 17.3 Å². The first-order chi connectivity index (χ1) is 10.4. The van der Waals surface area contributed by atoms with E-state index >= 15 is 0 Å². The first kappa shape index (κ1) is 13.5. The van der Waals surface area contributed by atoms with Gasteiger partial charge in [0.15, 0.2) is 0 Å². The van der Waals surface area contributed by atoms with Crippen LogP contribution >= 0.6 is 0 Å². The Balaban J connectivity index is 1.77. The molecule has 0 radical (unpaired) electrons. The molecule has 4 N–H and O–H groups in total. The van der Waals surface area contributed by atoms with Gasteiger partial charge in [-0.25, -0.2) is 0 Å². The molecule has 4 nitrogen and oxygen atoms in total. The van der Waals surface area contributed by atoms with Gasteiger partial charge in [-0.2, -0.15) is 0 Å². The van der Waals surface area contributed by atoms with Crippen molar-refractivity contribution < 1.29 is 20.4 Å². The fraction of sp³-hybridized carbons (Fsp3) is 0.667. The SMILES string of the molecule is C[C@@]12C[C@H]3[C@H]4c5ccccc5[C@@H](O)[C@@H](O)[C@@H]4[C@]1(O)CCC32O. The largest absolute Gasteiger partial charge is 0.390 e. The summed E-state index contributed by atoms with van der Waals surface area (Å²) in [5.74, 6) is -0.411. The van der Waals surface area contributed by atoms with Crippen LogP contribution in [-0.4, -0.2) is 37.7 Å². The lowest BCUT2D eigenvalue weighted by atomic mass is 9.35. The molecule has 1 aromatic carbocycles. The zero-order valence-corrected chi connectivity index (χ0v) is 12.6. The summed E-state index contributed by atoms with van der Waals surface area (Å²) in [5, 5.41) is 43.9. The number of benzene rings is 1. The highest BCUT2D eigenvalue weighted by Crippen LogP contribution is 2.79. The summed E-state index contributed by atoms with van der Waals surface area (Å²) in [6, 6.07) is 7.63. The molecule has 3 saturated carbocycles. The van der Waals surface area contributed by atoms with Gasteiger partial charge in [-0.3, -0.25) is 0 Å². The van der Waals surface area contributed by atoms with E-state index in [4.69, 9.17) is 0 Å². The Morgan fingerprint density at radius 3 is 2.36 bits per heavy atom. The maximum absolute atomic E-state index is 11.4. The zero-order valence-electron chi connectivity index (χ0n) is 12.6. The molecule has 3 fully saturated rings. The van der Waals surface area contributed by atoms with Crippen molar-refractivity contribution in [2.45, 2.75) is 55.5 Å². The average Bonchev–Trinajstić information content (AvgIpc) is 2.61. The van der Waals surface area contributed by atoms with Crippen molar-refractivity contribution in [3.63, 3.8) is 0 Å². The van der Waals surface area contributed by atoms with Gasteiger partial charge in [0.05, 0.1) is 17.3 Å². The number of hydrogen-bond donors (Lipinski definition) is 4. The molecule has 0 amide bonds. The van der Waals surface area contributed by atoms with E-state index in [9.17, 15) is 20.4 Å². The van der Waals surface area contributed by atoms with Gasteiger partial charge in [0.2, 0.25) is 0 Å². The summed E-state index contributed by atoms with van der Waals surface area (Å²) >= 11 is 0. The third-order valence-corrected chi connectivity index (χ3v) is 7.78. The first-order valence-corrected chi connectivity index (χ1v) is 8.25. The average molecular weight is 302 g/mol. The fourth-order valence-electron chi connectivity index (χ4n) is 6.61. The lowest BCUT2D eigenvalue weighted by Gasteiger charge is -2.72. The quantitative estimate of drug-likeness (QED) is 0.578. The minimum absolute atomic E-state index is 0.0635. The van der Waals surface area contributed by atoms with Crippen LogP contribution in [0, 0.1) is 17.3 Å². The molecule has 0 aromatic heterocycles. The van der Waals surface area contributed by atoms with E-state index in [2.05, 4.69) is 0 Å². The Bertz CT molecular complexity index is 675. The third-order valence-electron chi connectivity index (χ3n) is 7.78. The number of hydrogen-bond acceptors (Lipinski definition) is 4. The van der Waals surface area contributed by atoms with E-state index in [1.165, 1.54) is 0 Å². The summed E-state index contributed by atoms with van der Waals surface area (Å²) in [7, 11) is 0. The Labute approximate surface area is 129 Å². The maximum Gasteiger partial charge on any atom is 0.106 e. The Morgan fingerprint density at radius 1 is 1.00 bits per heavy atom. The second-order valence-electron chi connectivity index (χ2n) is 8.11. The normalized spacial score (nSPS) is 57.8. The van der Waals surface area contributed by atoms with Crippen LogP contribution in [-0.2, 0) is 0 Å². The standard InChI is InChI=1S/C18H22O4/c1-16-8-11-12-9-4-2-3-5-10(9)14(19)15(20)13(12)18(16,22)7-6-17(11,16)21/h2-5,11-15,19-22H,6-8H2,1H3/t11-,12+,13+,14+,15-,16-,17?,18+/m0/s1. The topological polar surface area (TPSA) is 80.9 Å². The molecule has 0 aliphatic heterocycles. The van der Waals surface area contributed by atoms with Gasteiger partial charge in [0, 0.05) is 11.3 Å². The summed E-state index contributed by atoms with van der Waals surface area (Å²) in [6.07, 6.45) is -0.0594. The van der Waals surface area contributed by atoms with Gasteiger partial charge in [-0.05, 0) is 42.2 Å². The van der Waals surface area contributed by atoms with Gasteiger partial charge in [0.1, 0.15) is 6.10 Å². The number of aliphatic hydroxyl groups excluding tert-OH is 2. The minimum Gasteiger partial charge on any atom is -0.390 e. The van der Waals surface area contributed by atoms with Gasteiger partial charge in [-0.15, -0.1) is 0 Å². The monoisotopic (exact) mass is 302 g/mol. The molecule has 4 aliphatic carbocycles. The zero-order chi connectivity index (χ0) is 15.5. The number of rotatable bonds is 0. The van der Waals surface area contributed by atoms with Gasteiger partial charge in [0.25, 0.3) is 0 Å². The van der Waals surface area contributed by atoms with Crippen molar-refractivity contribution in [2.75, 3.05) is 0 Å². The molecule has 1 unspecified atom stereocenters. The predicted molar refractivity (Wildman–Crippen MR) is 79.0 cm³/mol. The van der Waals surface area contributed by atoms with Crippen LogP contribution in [0.4, 0.5) is 0 Å². The molecule has 4 aliphatic rings. The van der Waals surface area contributed by atoms with Crippen LogP contribution in [0.1, 0.15) is 49.3 Å². The molecule has 5 rings (SSSR count). The van der Waals surface area contributed by atoms with Crippen molar-refractivity contribution in [3.8, 4) is 0 Å². The van der Waals surface area contributed by atoms with Crippen LogP contribution in [0.2, 0.25) is 0 Å². The molecule has 118 valence electrons. The molecule has 4 heteroatoms. The molecule has 4 bridgehead atoms. The van der Waals surface area contributed by atoms with Crippen molar-refractivity contribution in [1.82, 2.24) is 0 Å². The second-order valence-corrected chi connectivity index (χ2v) is 8.11. The highest BCUT2D eigenvalue weighted by atomic mass is 16.3. The summed E-state index contributed by atoms with van der Waals surface area (Å²) in [4.78, 5) is 0. The molecular formula is C18H22O4. The third kappa shape index (κ3) is 1.07. The first-order valence-electron chi connectivity index (χ1n) is 8.25. The smallest absolute Gasteiger partial charge is 0.106 e. The molecule has 0 spiro atoms. The highest BCUT2D eigenvalue weighted by Gasteiger charge is 2.83. The number of aliphatic hydroxyl groups is 4. The van der Waals surface area contributed by atoms with Crippen molar-refractivity contribution in [3.05, 3.63) is 35.4 Å². The van der Waals surface area contributed by atoms with Crippen molar-refractivity contribution >= 4 is 0 Å². The van der Waals surface area contributed by atoms with E-state index in [0.29, 0.717) is 12.8 Å². The molecule has 0 saturated heterocycles. The Morgan fingerprint density at radius 2 is 1.64 bits per heavy atom. The molecule has 1 aromatic rings. The Hall–Kier alpha value is -0.940. The minimum atomic E-state index is -1.10. The molecule has 8 atom stereocenters. The summed E-state index contributed by atoms with van der Waals surface area (Å²) < 4.78 is 0. The van der Waals surface area contributed by atoms with Gasteiger partial charge >= 0.3 is 0 Å². The fourth-order valence-corrected chi connectivity index (χ4v) is 6.61. The predicted octanol–water partition coefficient (Wildman–Crippen LogP) is 1.09. The van der Waals surface area contributed by atoms with Crippen LogP contribution in [0.25, 0.3) is 0 Å². The van der Waals surface area contributed by atoms with Gasteiger partial charge < -0.3 is 20.4 Å². The van der Waals surface area contributed by atoms with Crippen LogP contribution < -0.4 is 0 Å². The van der Waals surface area contributed by atoms with E-state index in [1.54, 1.807) is 0 Å². The molecule has 22 heavy (non-hydrogen) atoms. The maximum atomic E-state index is 11.4. The molecular weight excluding hydrogens is 280 g/mol. The summed E-state index contributed by atoms with van der Waals surface area (Å²) in [5.41, 5.74) is -0.750. The molecule has 0 heterocycles. The van der Waals surface area contributed by atoms with Crippen LogP contribution in [0.3, 0.4) is 0 Å². The van der Waals surface area contributed by atoms with E-state index in [0.717, 1.165) is 17.5 Å². The lowest BCUT2D eigenvalue weighted by Crippen LogP contribution is -2.77. The van der Waals surface area contributed by atoms with Crippen molar-refractivity contribution in [1.29, 1.82) is 0 Å². The Kier molecular flexibility index (Phi) is 2.20. The van der Waals surface area contributed by atoms with E-state index in [-0.39, 0.29) is 11.8 Å². The van der Waals surface area contributed by atoms with E-state index < -0.39 is 34.7 Å². The second kappa shape index (κ2) is 3.59. The highest BCUT2D eigenvalue weighted by molar-refractivity contribution is 5.45.